The fraction of sp³-hybridized carbons (Fsp3) is 0.750. The third-order valence-corrected chi connectivity index (χ3v) is 5.47. The van der Waals surface area contributed by atoms with Crippen molar-refractivity contribution >= 4 is 17.7 Å². The standard InChI is InChI=1S/C12H12O4/c13-8-6-2-3-7(8)12-5-1-4-11(6,12)9(14)16-10(12)15/h6-7H,1-5H2/t6-,7+,11+,12-. The molecule has 0 spiro atoms. The van der Waals surface area contributed by atoms with Gasteiger partial charge < -0.3 is 4.74 Å². The van der Waals surface area contributed by atoms with Gasteiger partial charge in [-0.2, -0.15) is 0 Å². The monoisotopic (exact) mass is 220 g/mol. The van der Waals surface area contributed by atoms with Crippen molar-refractivity contribution in [3.05, 3.63) is 0 Å². The van der Waals surface area contributed by atoms with E-state index < -0.39 is 22.8 Å². The lowest BCUT2D eigenvalue weighted by molar-refractivity contribution is -0.159. The molecule has 4 heteroatoms. The van der Waals surface area contributed by atoms with Crippen LogP contribution in [0.2, 0.25) is 0 Å². The number of Topliss-reactive ketones (excluding diaryl/α,β-unsaturated/α-hetero) is 1. The number of carbonyl (C=O) groups excluding carboxylic acids is 3. The summed E-state index contributed by atoms with van der Waals surface area (Å²) in [4.78, 5) is 36.1. The maximum Gasteiger partial charge on any atom is 0.321 e. The van der Waals surface area contributed by atoms with Gasteiger partial charge in [-0.3, -0.25) is 14.4 Å². The van der Waals surface area contributed by atoms with Crippen LogP contribution in [0.5, 0.6) is 0 Å². The lowest BCUT2D eigenvalue weighted by Gasteiger charge is -2.36. The number of ether oxygens (including phenoxy) is 1. The Hall–Kier alpha value is -1.19. The number of hydrogen-bond acceptors (Lipinski definition) is 4. The second-order valence-electron chi connectivity index (χ2n) is 5.56. The predicted octanol–water partition coefficient (Wildman–Crippen LogP) is 0.835. The van der Waals surface area contributed by atoms with E-state index in [0.29, 0.717) is 12.8 Å². The van der Waals surface area contributed by atoms with Crippen LogP contribution >= 0.6 is 0 Å². The van der Waals surface area contributed by atoms with E-state index in [4.69, 9.17) is 4.74 Å². The van der Waals surface area contributed by atoms with Crippen LogP contribution in [0.1, 0.15) is 32.1 Å². The van der Waals surface area contributed by atoms with Crippen LogP contribution in [-0.4, -0.2) is 17.7 Å². The van der Waals surface area contributed by atoms with Gasteiger partial charge in [-0.1, -0.05) is 6.42 Å². The van der Waals surface area contributed by atoms with Crippen LogP contribution in [0, 0.1) is 22.7 Å². The second kappa shape index (κ2) is 2.24. The minimum absolute atomic E-state index is 0.157. The first-order valence-corrected chi connectivity index (χ1v) is 5.95. The molecule has 0 amide bonds. The third kappa shape index (κ3) is 0.554. The number of esters is 2. The Bertz CT molecular complexity index is 416. The average molecular weight is 220 g/mol. The summed E-state index contributed by atoms with van der Waals surface area (Å²) in [5.41, 5.74) is -1.49. The number of carbonyl (C=O) groups is 3. The topological polar surface area (TPSA) is 60.4 Å². The first-order chi connectivity index (χ1) is 7.64. The average Bonchev–Trinajstić information content (AvgIpc) is 2.89. The van der Waals surface area contributed by atoms with E-state index in [9.17, 15) is 14.4 Å². The molecule has 4 atom stereocenters. The summed E-state index contributed by atoms with van der Waals surface area (Å²) in [6.07, 6.45) is 3.76. The smallest absolute Gasteiger partial charge is 0.321 e. The van der Waals surface area contributed by atoms with Gasteiger partial charge in [0.15, 0.2) is 0 Å². The molecule has 0 unspecified atom stereocenters. The highest BCUT2D eigenvalue weighted by Crippen LogP contribution is 2.74. The van der Waals surface area contributed by atoms with E-state index >= 15 is 0 Å². The van der Waals surface area contributed by atoms with Crippen LogP contribution in [-0.2, 0) is 19.1 Å². The lowest BCUT2D eigenvalue weighted by atomic mass is 9.59. The molecule has 3 aliphatic carbocycles. The molecule has 1 heterocycles. The van der Waals surface area contributed by atoms with E-state index in [2.05, 4.69) is 0 Å². The van der Waals surface area contributed by atoms with E-state index in [1.54, 1.807) is 0 Å². The van der Waals surface area contributed by atoms with Crippen LogP contribution in [0.25, 0.3) is 0 Å². The third-order valence-electron chi connectivity index (χ3n) is 5.47. The van der Waals surface area contributed by atoms with Gasteiger partial charge in [0.2, 0.25) is 0 Å². The largest absolute Gasteiger partial charge is 0.392 e. The SMILES string of the molecule is O=C1[C@H]2CC[C@@H]1[C@@]13CCC[C@@]21C(=O)OC3=O. The van der Waals surface area contributed by atoms with Gasteiger partial charge in [0.25, 0.3) is 0 Å². The Balaban J connectivity index is 2.04. The van der Waals surface area contributed by atoms with Crippen LogP contribution in [0.4, 0.5) is 0 Å². The van der Waals surface area contributed by atoms with Crippen molar-refractivity contribution in [2.75, 3.05) is 0 Å². The fourth-order valence-electron chi connectivity index (χ4n) is 5.02. The van der Waals surface area contributed by atoms with Crippen LogP contribution in [0.15, 0.2) is 0 Å². The predicted molar refractivity (Wildman–Crippen MR) is 51.0 cm³/mol. The highest BCUT2D eigenvalue weighted by atomic mass is 16.6. The van der Waals surface area contributed by atoms with Gasteiger partial charge in [0.05, 0.1) is 10.8 Å². The maximum absolute atomic E-state index is 12.1. The molecule has 2 bridgehead atoms. The molecule has 0 radical (unpaired) electrons. The quantitative estimate of drug-likeness (QED) is 0.448. The van der Waals surface area contributed by atoms with E-state index in [1.807, 2.05) is 0 Å². The molecule has 1 aliphatic heterocycles. The Morgan fingerprint density at radius 1 is 0.938 bits per heavy atom. The second-order valence-corrected chi connectivity index (χ2v) is 5.56. The van der Waals surface area contributed by atoms with Crippen molar-refractivity contribution in [3.63, 3.8) is 0 Å². The number of ketones is 1. The maximum atomic E-state index is 12.1. The summed E-state index contributed by atoms with van der Waals surface area (Å²) in [7, 11) is 0. The van der Waals surface area contributed by atoms with Gasteiger partial charge in [0, 0.05) is 11.8 Å². The molecule has 4 aliphatic rings. The normalized spacial score (nSPS) is 53.1. The molecular formula is C12H12O4. The van der Waals surface area contributed by atoms with Crippen molar-refractivity contribution in [3.8, 4) is 0 Å². The Kier molecular flexibility index (Phi) is 1.25. The summed E-state index contributed by atoms with van der Waals surface area (Å²) >= 11 is 0. The molecule has 4 nitrogen and oxygen atoms in total. The van der Waals surface area contributed by atoms with Crippen LogP contribution < -0.4 is 0 Å². The van der Waals surface area contributed by atoms with Gasteiger partial charge >= 0.3 is 11.9 Å². The zero-order valence-corrected chi connectivity index (χ0v) is 8.82. The molecule has 0 aromatic heterocycles. The van der Waals surface area contributed by atoms with Crippen molar-refractivity contribution < 1.29 is 19.1 Å². The van der Waals surface area contributed by atoms with Crippen molar-refractivity contribution in [2.24, 2.45) is 22.7 Å². The number of fused-ring (bicyclic) bond motifs is 2. The van der Waals surface area contributed by atoms with Crippen molar-refractivity contribution in [1.82, 2.24) is 0 Å². The Morgan fingerprint density at radius 3 is 1.94 bits per heavy atom. The highest BCUT2D eigenvalue weighted by molar-refractivity contribution is 6.12. The zero-order valence-electron chi connectivity index (χ0n) is 8.82. The lowest BCUT2D eigenvalue weighted by Crippen LogP contribution is -2.45. The van der Waals surface area contributed by atoms with Gasteiger partial charge in [-0.05, 0) is 25.7 Å². The molecule has 16 heavy (non-hydrogen) atoms. The molecule has 4 fully saturated rings. The molecule has 0 aromatic carbocycles. The fourth-order valence-corrected chi connectivity index (χ4v) is 5.02. The van der Waals surface area contributed by atoms with E-state index in [0.717, 1.165) is 19.3 Å². The summed E-state index contributed by atoms with van der Waals surface area (Å²) in [6, 6.07) is 0. The minimum Gasteiger partial charge on any atom is -0.392 e. The minimum atomic E-state index is -0.746. The molecule has 84 valence electrons. The highest BCUT2D eigenvalue weighted by Gasteiger charge is 2.83. The summed E-state index contributed by atoms with van der Waals surface area (Å²) in [5.74, 6) is -1.10. The summed E-state index contributed by atoms with van der Waals surface area (Å²) < 4.78 is 4.88. The first-order valence-electron chi connectivity index (χ1n) is 5.95. The van der Waals surface area contributed by atoms with Gasteiger partial charge in [-0.15, -0.1) is 0 Å². The zero-order chi connectivity index (χ0) is 11.1. The van der Waals surface area contributed by atoms with Gasteiger partial charge in [-0.25, -0.2) is 0 Å². The Morgan fingerprint density at radius 2 is 1.44 bits per heavy atom. The van der Waals surface area contributed by atoms with Crippen LogP contribution in [0.3, 0.4) is 0 Å². The molecule has 0 aromatic rings. The molecule has 1 saturated heterocycles. The van der Waals surface area contributed by atoms with Crippen molar-refractivity contribution in [2.45, 2.75) is 32.1 Å². The molecule has 0 N–H and O–H groups in total. The van der Waals surface area contributed by atoms with E-state index in [-0.39, 0.29) is 17.6 Å². The first kappa shape index (κ1) is 8.90. The van der Waals surface area contributed by atoms with E-state index in [1.165, 1.54) is 0 Å². The molecule has 3 saturated carbocycles. The molecular weight excluding hydrogens is 208 g/mol. The Labute approximate surface area is 92.3 Å². The summed E-state index contributed by atoms with van der Waals surface area (Å²) in [6.45, 7) is 0. The summed E-state index contributed by atoms with van der Waals surface area (Å²) in [5, 5.41) is 0. The number of cyclic esters (lactones) is 2. The number of rotatable bonds is 0. The molecule has 4 rings (SSSR count). The van der Waals surface area contributed by atoms with Gasteiger partial charge in [0.1, 0.15) is 5.78 Å². The number of hydrogen-bond donors (Lipinski definition) is 0. The van der Waals surface area contributed by atoms with Crippen molar-refractivity contribution in [1.29, 1.82) is 0 Å².